The van der Waals surface area contributed by atoms with E-state index in [-0.39, 0.29) is 29.7 Å². The smallest absolute Gasteiger partial charge is 0.387 e. The van der Waals surface area contributed by atoms with Gasteiger partial charge in [0.15, 0.2) is 0 Å². The molecule has 1 N–H and O–H groups in total. The highest BCUT2D eigenvalue weighted by atomic mass is 35.5. The number of nitrogens with zero attached hydrogens (tertiary/aromatic N) is 2. The standard InChI is InChI=1S/C21H22ClF2N3O3/c1-14-6-7-17(16(22)12-14)25-19(28)13-26-8-10-27(11-9-26)20(29)15-4-2-3-5-18(15)30-21(23)24/h2-7,12,21H,8-11,13H2,1H3,(H,25,28). The molecule has 1 heterocycles. The van der Waals surface area contributed by atoms with Crippen LogP contribution in [0.15, 0.2) is 42.5 Å². The highest BCUT2D eigenvalue weighted by molar-refractivity contribution is 6.33. The highest BCUT2D eigenvalue weighted by Crippen LogP contribution is 2.24. The van der Waals surface area contributed by atoms with Crippen molar-refractivity contribution >= 4 is 29.1 Å². The van der Waals surface area contributed by atoms with Gasteiger partial charge in [-0.15, -0.1) is 0 Å². The van der Waals surface area contributed by atoms with E-state index >= 15 is 0 Å². The number of piperazine rings is 1. The van der Waals surface area contributed by atoms with Crippen LogP contribution in [0.3, 0.4) is 0 Å². The molecular weight excluding hydrogens is 416 g/mol. The summed E-state index contributed by atoms with van der Waals surface area (Å²) in [6.45, 7) is 0.794. The number of carbonyl (C=O) groups is 2. The van der Waals surface area contributed by atoms with Gasteiger partial charge in [0.1, 0.15) is 5.75 Å². The number of ether oxygens (including phenoxy) is 1. The minimum atomic E-state index is -3.00. The molecule has 1 fully saturated rings. The molecule has 0 aromatic heterocycles. The van der Waals surface area contributed by atoms with Crippen LogP contribution in [0.2, 0.25) is 5.02 Å². The normalized spacial score (nSPS) is 14.6. The lowest BCUT2D eigenvalue weighted by atomic mass is 10.1. The van der Waals surface area contributed by atoms with Gasteiger partial charge < -0.3 is 15.0 Å². The van der Waals surface area contributed by atoms with Crippen LogP contribution in [-0.2, 0) is 4.79 Å². The number of carbonyl (C=O) groups excluding carboxylic acids is 2. The van der Waals surface area contributed by atoms with Crippen molar-refractivity contribution in [2.24, 2.45) is 0 Å². The van der Waals surface area contributed by atoms with Crippen LogP contribution >= 0.6 is 11.6 Å². The number of benzene rings is 2. The average Bonchev–Trinajstić information content (AvgIpc) is 2.70. The molecule has 2 aromatic rings. The largest absolute Gasteiger partial charge is 0.434 e. The number of alkyl halides is 2. The number of nitrogens with one attached hydrogen (secondary N) is 1. The third-order valence-corrected chi connectivity index (χ3v) is 5.07. The number of para-hydroxylation sites is 1. The van der Waals surface area contributed by atoms with Crippen molar-refractivity contribution in [1.82, 2.24) is 9.80 Å². The van der Waals surface area contributed by atoms with Gasteiger partial charge in [-0.25, -0.2) is 0 Å². The van der Waals surface area contributed by atoms with E-state index in [1.54, 1.807) is 23.1 Å². The van der Waals surface area contributed by atoms with Crippen LogP contribution in [0, 0.1) is 6.92 Å². The zero-order chi connectivity index (χ0) is 21.7. The maximum atomic E-state index is 12.7. The molecule has 0 atom stereocenters. The van der Waals surface area contributed by atoms with E-state index in [1.807, 2.05) is 17.9 Å². The summed E-state index contributed by atoms with van der Waals surface area (Å²) in [6.07, 6.45) is 0. The maximum absolute atomic E-state index is 12.7. The molecule has 6 nitrogen and oxygen atoms in total. The van der Waals surface area contributed by atoms with Crippen LogP contribution < -0.4 is 10.1 Å². The van der Waals surface area contributed by atoms with E-state index in [4.69, 9.17) is 11.6 Å². The van der Waals surface area contributed by atoms with Crippen molar-refractivity contribution in [1.29, 1.82) is 0 Å². The molecule has 9 heteroatoms. The van der Waals surface area contributed by atoms with Gasteiger partial charge in [0, 0.05) is 26.2 Å². The molecule has 2 amide bonds. The minimum absolute atomic E-state index is 0.0954. The Morgan fingerprint density at radius 3 is 2.50 bits per heavy atom. The monoisotopic (exact) mass is 437 g/mol. The highest BCUT2D eigenvalue weighted by Gasteiger charge is 2.26. The molecule has 1 saturated heterocycles. The first kappa shape index (κ1) is 22.0. The Kier molecular flexibility index (Phi) is 7.23. The van der Waals surface area contributed by atoms with Crippen molar-refractivity contribution in [3.63, 3.8) is 0 Å². The van der Waals surface area contributed by atoms with Gasteiger partial charge in [0.05, 0.1) is 22.8 Å². The number of halogens is 3. The molecule has 0 bridgehead atoms. The SMILES string of the molecule is Cc1ccc(NC(=O)CN2CCN(C(=O)c3ccccc3OC(F)F)CC2)c(Cl)c1. The van der Waals surface area contributed by atoms with Crippen molar-refractivity contribution in [3.05, 3.63) is 58.6 Å². The van der Waals surface area contributed by atoms with E-state index in [0.29, 0.717) is 36.9 Å². The summed E-state index contributed by atoms with van der Waals surface area (Å²) < 4.78 is 29.6. The molecule has 1 aliphatic rings. The first-order valence-electron chi connectivity index (χ1n) is 9.45. The second-order valence-electron chi connectivity index (χ2n) is 6.97. The minimum Gasteiger partial charge on any atom is -0.434 e. The van der Waals surface area contributed by atoms with E-state index in [9.17, 15) is 18.4 Å². The Hall–Kier alpha value is -2.71. The summed E-state index contributed by atoms with van der Waals surface area (Å²) in [5, 5.41) is 3.26. The van der Waals surface area contributed by atoms with Gasteiger partial charge in [-0.2, -0.15) is 8.78 Å². The molecule has 0 spiro atoms. The zero-order valence-electron chi connectivity index (χ0n) is 16.4. The van der Waals surface area contributed by atoms with Crippen molar-refractivity contribution < 1.29 is 23.1 Å². The van der Waals surface area contributed by atoms with Crippen molar-refractivity contribution in [2.75, 3.05) is 38.0 Å². The number of hydrogen-bond donors (Lipinski definition) is 1. The molecule has 1 aliphatic heterocycles. The number of aryl methyl sites for hydroxylation is 1. The lowest BCUT2D eigenvalue weighted by Crippen LogP contribution is -2.50. The number of rotatable bonds is 6. The Labute approximate surface area is 178 Å². The summed E-state index contributed by atoms with van der Waals surface area (Å²) in [5.41, 5.74) is 1.65. The van der Waals surface area contributed by atoms with E-state index < -0.39 is 6.61 Å². The quantitative estimate of drug-likeness (QED) is 0.749. The Bertz CT molecular complexity index is 918. The number of amides is 2. The Balaban J connectivity index is 1.53. The fourth-order valence-electron chi connectivity index (χ4n) is 3.24. The molecule has 160 valence electrons. The fraction of sp³-hybridized carbons (Fsp3) is 0.333. The zero-order valence-corrected chi connectivity index (χ0v) is 17.2. The van der Waals surface area contributed by atoms with E-state index in [2.05, 4.69) is 10.1 Å². The average molecular weight is 438 g/mol. The van der Waals surface area contributed by atoms with Crippen LogP contribution in [0.1, 0.15) is 15.9 Å². The van der Waals surface area contributed by atoms with E-state index in [1.165, 1.54) is 18.2 Å². The predicted molar refractivity (Wildman–Crippen MR) is 110 cm³/mol. The molecule has 3 rings (SSSR count). The van der Waals surface area contributed by atoms with Crippen molar-refractivity contribution in [2.45, 2.75) is 13.5 Å². The summed E-state index contributed by atoms with van der Waals surface area (Å²) in [7, 11) is 0. The van der Waals surface area contributed by atoms with Gasteiger partial charge in [-0.3, -0.25) is 14.5 Å². The summed E-state index contributed by atoms with van der Waals surface area (Å²) >= 11 is 6.14. The van der Waals surface area contributed by atoms with Gasteiger partial charge in [-0.1, -0.05) is 29.8 Å². The molecule has 2 aromatic carbocycles. The summed E-state index contributed by atoms with van der Waals surface area (Å²) in [6, 6.07) is 11.3. The first-order chi connectivity index (χ1) is 14.3. The van der Waals surface area contributed by atoms with Gasteiger partial charge >= 0.3 is 6.61 Å². The second-order valence-corrected chi connectivity index (χ2v) is 7.38. The van der Waals surface area contributed by atoms with Crippen LogP contribution in [0.25, 0.3) is 0 Å². The topological polar surface area (TPSA) is 61.9 Å². The van der Waals surface area contributed by atoms with Crippen LogP contribution in [0.5, 0.6) is 5.75 Å². The van der Waals surface area contributed by atoms with Gasteiger partial charge in [0.2, 0.25) is 5.91 Å². The predicted octanol–water partition coefficient (Wildman–Crippen LogP) is 3.65. The first-order valence-corrected chi connectivity index (χ1v) is 9.83. The molecule has 0 radical (unpaired) electrons. The third-order valence-electron chi connectivity index (χ3n) is 4.76. The number of hydrogen-bond acceptors (Lipinski definition) is 4. The van der Waals surface area contributed by atoms with Crippen molar-refractivity contribution in [3.8, 4) is 5.75 Å². The second kappa shape index (κ2) is 9.86. The Morgan fingerprint density at radius 2 is 1.83 bits per heavy atom. The van der Waals surface area contributed by atoms with Gasteiger partial charge in [-0.05, 0) is 36.8 Å². The molecule has 0 saturated carbocycles. The fourth-order valence-corrected chi connectivity index (χ4v) is 3.52. The Morgan fingerprint density at radius 1 is 1.13 bits per heavy atom. The number of anilines is 1. The van der Waals surface area contributed by atoms with Crippen LogP contribution in [-0.4, -0.2) is 60.9 Å². The lowest BCUT2D eigenvalue weighted by molar-refractivity contribution is -0.117. The molecule has 0 unspecified atom stereocenters. The summed E-state index contributed by atoms with van der Waals surface area (Å²) in [5.74, 6) is -0.715. The van der Waals surface area contributed by atoms with E-state index in [0.717, 1.165) is 5.56 Å². The third kappa shape index (κ3) is 5.67. The molecule has 0 aliphatic carbocycles. The summed E-state index contributed by atoms with van der Waals surface area (Å²) in [4.78, 5) is 28.5. The molecule has 30 heavy (non-hydrogen) atoms. The van der Waals surface area contributed by atoms with Crippen LogP contribution in [0.4, 0.5) is 14.5 Å². The lowest BCUT2D eigenvalue weighted by Gasteiger charge is -2.34. The van der Waals surface area contributed by atoms with Gasteiger partial charge in [0.25, 0.3) is 5.91 Å². The molecular formula is C21H22ClF2N3O3. The maximum Gasteiger partial charge on any atom is 0.387 e.